The lowest BCUT2D eigenvalue weighted by molar-refractivity contribution is -0.121. The van der Waals surface area contributed by atoms with Gasteiger partial charge >= 0.3 is 0 Å². The van der Waals surface area contributed by atoms with Crippen LogP contribution in [0.1, 0.15) is 29.9 Å². The van der Waals surface area contributed by atoms with Gasteiger partial charge in [-0.25, -0.2) is 0 Å². The Kier molecular flexibility index (Phi) is 6.92. The Balaban J connectivity index is 1.44. The fourth-order valence-corrected chi connectivity index (χ4v) is 2.97. The Morgan fingerprint density at radius 1 is 1.04 bits per heavy atom. The largest absolute Gasteiger partial charge is 0.352 e. The molecule has 0 unspecified atom stereocenters. The number of amides is 1. The smallest absolute Gasteiger partial charge is 0.226 e. The van der Waals surface area contributed by atoms with Gasteiger partial charge in [-0.05, 0) is 31.6 Å². The summed E-state index contributed by atoms with van der Waals surface area (Å²) < 4.78 is 5.29. The Hall–Kier alpha value is -2.99. The van der Waals surface area contributed by atoms with E-state index in [9.17, 15) is 4.79 Å². The van der Waals surface area contributed by atoms with Crippen LogP contribution in [0.25, 0.3) is 11.4 Å². The number of aryl methyl sites for hydroxylation is 1. The number of carbonyl (C=O) groups is 1. The highest BCUT2D eigenvalue weighted by molar-refractivity contribution is 5.75. The molecule has 28 heavy (non-hydrogen) atoms. The van der Waals surface area contributed by atoms with E-state index in [0.717, 1.165) is 17.7 Å². The lowest BCUT2D eigenvalue weighted by atomic mass is 10.1. The lowest BCUT2D eigenvalue weighted by Gasteiger charge is -2.14. The van der Waals surface area contributed by atoms with Crippen LogP contribution in [-0.4, -0.2) is 35.0 Å². The van der Waals surface area contributed by atoms with Gasteiger partial charge in [0.1, 0.15) is 0 Å². The first-order valence-electron chi connectivity index (χ1n) is 9.48. The molecule has 0 radical (unpaired) electrons. The summed E-state index contributed by atoms with van der Waals surface area (Å²) in [6.45, 7) is 1.40. The maximum atomic E-state index is 12.2. The normalized spacial score (nSPS) is 11.0. The van der Waals surface area contributed by atoms with Gasteiger partial charge in [-0.1, -0.05) is 59.8 Å². The second kappa shape index (κ2) is 9.80. The zero-order chi connectivity index (χ0) is 19.8. The van der Waals surface area contributed by atoms with Gasteiger partial charge in [0.2, 0.25) is 17.6 Å². The molecule has 1 amide bonds. The highest BCUT2D eigenvalue weighted by Gasteiger charge is 2.10. The molecule has 0 saturated heterocycles. The summed E-state index contributed by atoms with van der Waals surface area (Å²) in [5.74, 6) is 1.17. The monoisotopic (exact) mass is 378 g/mol. The molecule has 3 rings (SSSR count). The summed E-state index contributed by atoms with van der Waals surface area (Å²) in [6, 6.07) is 17.9. The van der Waals surface area contributed by atoms with Crippen molar-refractivity contribution in [3.8, 4) is 11.4 Å². The van der Waals surface area contributed by atoms with E-state index in [1.165, 1.54) is 5.56 Å². The molecule has 0 fully saturated rings. The molecular formula is C22H26N4O2. The third-order valence-corrected chi connectivity index (χ3v) is 4.38. The van der Waals surface area contributed by atoms with Crippen molar-refractivity contribution >= 4 is 5.91 Å². The van der Waals surface area contributed by atoms with Gasteiger partial charge in [-0.3, -0.25) is 4.79 Å². The summed E-state index contributed by atoms with van der Waals surface area (Å²) in [4.78, 5) is 18.7. The van der Waals surface area contributed by atoms with Gasteiger partial charge in [0.25, 0.3) is 0 Å². The Labute approximate surface area is 165 Å². The van der Waals surface area contributed by atoms with Crippen molar-refractivity contribution in [1.29, 1.82) is 0 Å². The summed E-state index contributed by atoms with van der Waals surface area (Å²) in [6.07, 6.45) is 1.69. The maximum absolute atomic E-state index is 12.2. The standard InChI is InChI=1S/C22H26N4O2/c1-26(2)16-19-12-7-6-11-18(19)15-23-20(27)13-8-14-21-24-22(25-28-21)17-9-4-3-5-10-17/h3-7,9-12H,8,13-16H2,1-2H3,(H,23,27). The molecular weight excluding hydrogens is 352 g/mol. The number of nitrogens with one attached hydrogen (secondary N) is 1. The van der Waals surface area contributed by atoms with Gasteiger partial charge in [-0.15, -0.1) is 0 Å². The van der Waals surface area contributed by atoms with Crippen molar-refractivity contribution in [3.05, 3.63) is 71.6 Å². The van der Waals surface area contributed by atoms with Crippen molar-refractivity contribution < 1.29 is 9.32 Å². The van der Waals surface area contributed by atoms with Gasteiger partial charge < -0.3 is 14.7 Å². The van der Waals surface area contributed by atoms with E-state index >= 15 is 0 Å². The summed E-state index contributed by atoms with van der Waals surface area (Å²) >= 11 is 0. The predicted molar refractivity (Wildman–Crippen MR) is 108 cm³/mol. The van der Waals surface area contributed by atoms with Crippen LogP contribution in [0.3, 0.4) is 0 Å². The highest BCUT2D eigenvalue weighted by atomic mass is 16.5. The van der Waals surface area contributed by atoms with Crippen molar-refractivity contribution in [2.45, 2.75) is 32.4 Å². The van der Waals surface area contributed by atoms with E-state index < -0.39 is 0 Å². The predicted octanol–water partition coefficient (Wildman–Crippen LogP) is 3.44. The second-order valence-corrected chi connectivity index (χ2v) is 7.01. The average Bonchev–Trinajstić information content (AvgIpc) is 3.16. The fraction of sp³-hybridized carbons (Fsp3) is 0.318. The molecule has 0 aliphatic heterocycles. The molecule has 2 aromatic carbocycles. The number of aromatic nitrogens is 2. The lowest BCUT2D eigenvalue weighted by Crippen LogP contribution is -2.24. The molecule has 1 N–H and O–H groups in total. The number of rotatable bonds is 9. The minimum absolute atomic E-state index is 0.0301. The third-order valence-electron chi connectivity index (χ3n) is 4.38. The molecule has 0 aliphatic carbocycles. The summed E-state index contributed by atoms with van der Waals surface area (Å²) in [5, 5.41) is 7.01. The van der Waals surface area contributed by atoms with Gasteiger partial charge in [0.05, 0.1) is 0 Å². The topological polar surface area (TPSA) is 71.3 Å². The van der Waals surface area contributed by atoms with E-state index in [1.807, 2.05) is 56.6 Å². The van der Waals surface area contributed by atoms with E-state index in [0.29, 0.717) is 37.5 Å². The van der Waals surface area contributed by atoms with Crippen molar-refractivity contribution in [2.75, 3.05) is 14.1 Å². The number of nitrogens with zero attached hydrogens (tertiary/aromatic N) is 3. The van der Waals surface area contributed by atoms with Crippen LogP contribution in [0.4, 0.5) is 0 Å². The first-order valence-corrected chi connectivity index (χ1v) is 9.48. The van der Waals surface area contributed by atoms with Crippen molar-refractivity contribution in [1.82, 2.24) is 20.4 Å². The summed E-state index contributed by atoms with van der Waals surface area (Å²) in [7, 11) is 4.08. The Bertz CT molecular complexity index is 890. The minimum Gasteiger partial charge on any atom is -0.352 e. The van der Waals surface area contributed by atoms with Gasteiger partial charge in [0.15, 0.2) is 0 Å². The van der Waals surface area contributed by atoms with Crippen LogP contribution >= 0.6 is 0 Å². The van der Waals surface area contributed by atoms with E-state index in [4.69, 9.17) is 4.52 Å². The fourth-order valence-electron chi connectivity index (χ4n) is 2.97. The molecule has 0 aliphatic rings. The van der Waals surface area contributed by atoms with Crippen LogP contribution in [0.5, 0.6) is 0 Å². The quantitative estimate of drug-likeness (QED) is 0.618. The maximum Gasteiger partial charge on any atom is 0.226 e. The SMILES string of the molecule is CN(C)Cc1ccccc1CNC(=O)CCCc1nc(-c2ccccc2)no1. The zero-order valence-electron chi connectivity index (χ0n) is 16.4. The van der Waals surface area contributed by atoms with Crippen LogP contribution in [0.15, 0.2) is 59.1 Å². The molecule has 0 bridgehead atoms. The molecule has 6 nitrogen and oxygen atoms in total. The van der Waals surface area contributed by atoms with E-state index in [2.05, 4.69) is 32.5 Å². The van der Waals surface area contributed by atoms with Crippen LogP contribution in [0.2, 0.25) is 0 Å². The first kappa shape index (κ1) is 19.8. The third kappa shape index (κ3) is 5.76. The molecule has 0 saturated carbocycles. The Morgan fingerprint density at radius 3 is 2.50 bits per heavy atom. The van der Waals surface area contributed by atoms with Crippen molar-refractivity contribution in [3.63, 3.8) is 0 Å². The molecule has 1 aromatic heterocycles. The molecule has 0 atom stereocenters. The number of carbonyl (C=O) groups excluding carboxylic acids is 1. The number of hydrogen-bond acceptors (Lipinski definition) is 5. The van der Waals surface area contributed by atoms with Crippen molar-refractivity contribution in [2.24, 2.45) is 0 Å². The minimum atomic E-state index is 0.0301. The zero-order valence-corrected chi connectivity index (χ0v) is 16.4. The number of hydrogen-bond donors (Lipinski definition) is 1. The van der Waals surface area contributed by atoms with E-state index in [-0.39, 0.29) is 5.91 Å². The van der Waals surface area contributed by atoms with Crippen LogP contribution in [-0.2, 0) is 24.3 Å². The van der Waals surface area contributed by atoms with Gasteiger partial charge in [-0.2, -0.15) is 4.98 Å². The molecule has 3 aromatic rings. The Morgan fingerprint density at radius 2 is 1.75 bits per heavy atom. The molecule has 146 valence electrons. The van der Waals surface area contributed by atoms with E-state index in [1.54, 1.807) is 0 Å². The summed E-state index contributed by atoms with van der Waals surface area (Å²) in [5.41, 5.74) is 3.30. The average molecular weight is 378 g/mol. The van der Waals surface area contributed by atoms with Crippen LogP contribution < -0.4 is 5.32 Å². The van der Waals surface area contributed by atoms with Gasteiger partial charge in [0, 0.05) is 31.5 Å². The first-order chi connectivity index (χ1) is 13.6. The van der Waals surface area contributed by atoms with Crippen LogP contribution in [0, 0.1) is 0 Å². The second-order valence-electron chi connectivity index (χ2n) is 7.01. The molecule has 6 heteroatoms. The molecule has 1 heterocycles. The molecule has 0 spiro atoms. The number of benzene rings is 2. The highest BCUT2D eigenvalue weighted by Crippen LogP contribution is 2.15.